The van der Waals surface area contributed by atoms with Crippen LogP contribution in [0.15, 0.2) is 32.9 Å². The van der Waals surface area contributed by atoms with E-state index >= 15 is 0 Å². The Labute approximate surface area is 98.3 Å². The summed E-state index contributed by atoms with van der Waals surface area (Å²) in [5, 5.41) is 11.8. The molecule has 2 rings (SSSR count). The Kier molecular flexibility index (Phi) is 2.97. The first-order valence-electron chi connectivity index (χ1n) is 3.83. The maximum Gasteiger partial charge on any atom is 0.169 e. The Morgan fingerprint density at radius 1 is 1.57 bits per heavy atom. The van der Waals surface area contributed by atoms with Gasteiger partial charge in [-0.1, -0.05) is 11.6 Å². The van der Waals surface area contributed by atoms with Gasteiger partial charge in [-0.25, -0.2) is 0 Å². The van der Waals surface area contributed by atoms with Crippen LogP contribution < -0.4 is 0 Å². The Morgan fingerprint density at radius 2 is 2.36 bits per heavy atom. The summed E-state index contributed by atoms with van der Waals surface area (Å²) in [7, 11) is 0. The molecule has 0 aliphatic carbocycles. The van der Waals surface area contributed by atoms with Crippen LogP contribution in [0.5, 0.6) is 0 Å². The molecule has 0 aliphatic heterocycles. The highest BCUT2D eigenvalue weighted by atomic mass is 79.9. The normalized spacial score (nSPS) is 13.1. The van der Waals surface area contributed by atoms with E-state index in [1.165, 1.54) is 17.6 Å². The van der Waals surface area contributed by atoms with Crippen LogP contribution in [0.4, 0.5) is 0 Å². The van der Waals surface area contributed by atoms with Gasteiger partial charge < -0.3 is 9.52 Å². The van der Waals surface area contributed by atoms with Gasteiger partial charge in [0.2, 0.25) is 0 Å². The van der Waals surface area contributed by atoms with Crippen LogP contribution in [0.2, 0.25) is 4.34 Å². The van der Waals surface area contributed by atoms with Crippen LogP contribution in [0, 0.1) is 0 Å². The lowest BCUT2D eigenvalue weighted by Crippen LogP contribution is -1.96. The number of furan rings is 1. The Bertz CT molecular complexity index is 437. The average molecular weight is 294 g/mol. The Morgan fingerprint density at radius 3 is 2.86 bits per heavy atom. The minimum Gasteiger partial charge on any atom is -0.457 e. The van der Waals surface area contributed by atoms with Crippen LogP contribution in [-0.2, 0) is 0 Å². The third-order valence-electron chi connectivity index (χ3n) is 1.84. The van der Waals surface area contributed by atoms with Crippen molar-refractivity contribution >= 4 is 38.9 Å². The number of rotatable bonds is 2. The van der Waals surface area contributed by atoms with Crippen molar-refractivity contribution < 1.29 is 9.52 Å². The van der Waals surface area contributed by atoms with Gasteiger partial charge >= 0.3 is 0 Å². The second kappa shape index (κ2) is 4.06. The largest absolute Gasteiger partial charge is 0.457 e. The highest BCUT2D eigenvalue weighted by molar-refractivity contribution is 9.10. The van der Waals surface area contributed by atoms with Crippen molar-refractivity contribution in [3.63, 3.8) is 0 Å². The molecule has 0 fully saturated rings. The lowest BCUT2D eigenvalue weighted by Gasteiger charge is -2.05. The molecule has 0 saturated carbocycles. The second-order valence-electron chi connectivity index (χ2n) is 2.74. The van der Waals surface area contributed by atoms with Crippen molar-refractivity contribution in [3.8, 4) is 0 Å². The van der Waals surface area contributed by atoms with Gasteiger partial charge in [0.1, 0.15) is 6.10 Å². The molecule has 0 amide bonds. The van der Waals surface area contributed by atoms with Crippen LogP contribution in [-0.4, -0.2) is 5.11 Å². The first kappa shape index (κ1) is 10.2. The Balaban J connectivity index is 2.33. The first-order chi connectivity index (χ1) is 6.68. The molecule has 74 valence electrons. The van der Waals surface area contributed by atoms with Crippen molar-refractivity contribution in [3.05, 3.63) is 43.9 Å². The molecule has 0 aliphatic rings. The highest BCUT2D eigenvalue weighted by Gasteiger charge is 2.16. The van der Waals surface area contributed by atoms with Crippen molar-refractivity contribution in [1.82, 2.24) is 0 Å². The zero-order valence-corrected chi connectivity index (χ0v) is 10.1. The molecule has 0 bridgehead atoms. The molecule has 0 radical (unpaired) electrons. The number of thiophene rings is 1. The predicted molar refractivity (Wildman–Crippen MR) is 59.8 cm³/mol. The summed E-state index contributed by atoms with van der Waals surface area (Å²) in [6.07, 6.45) is 0.784. The number of aliphatic hydroxyl groups excluding tert-OH is 1. The topological polar surface area (TPSA) is 33.4 Å². The van der Waals surface area contributed by atoms with E-state index in [1.807, 2.05) is 5.38 Å². The summed E-state index contributed by atoms with van der Waals surface area (Å²) in [5.74, 6) is 0. The fourth-order valence-electron chi connectivity index (χ4n) is 1.15. The van der Waals surface area contributed by atoms with Gasteiger partial charge in [-0.3, -0.25) is 0 Å². The van der Waals surface area contributed by atoms with E-state index < -0.39 is 6.10 Å². The van der Waals surface area contributed by atoms with Gasteiger partial charge in [-0.2, -0.15) is 0 Å². The van der Waals surface area contributed by atoms with Gasteiger partial charge in [-0.05, 0) is 33.4 Å². The van der Waals surface area contributed by atoms with Crippen LogP contribution in [0.25, 0.3) is 0 Å². The van der Waals surface area contributed by atoms with E-state index in [1.54, 1.807) is 12.1 Å². The summed E-state index contributed by atoms with van der Waals surface area (Å²) < 4.78 is 6.24. The second-order valence-corrected chi connectivity index (χ2v) is 5.04. The zero-order valence-electron chi connectivity index (χ0n) is 6.91. The smallest absolute Gasteiger partial charge is 0.169 e. The summed E-state index contributed by atoms with van der Waals surface area (Å²) in [4.78, 5) is 0. The molecule has 0 spiro atoms. The molecule has 1 N–H and O–H groups in total. The summed E-state index contributed by atoms with van der Waals surface area (Å²) >= 11 is 10.5. The number of halogens is 2. The standard InChI is InChI=1S/C9H6BrClO2S/c10-7-3-5(4-13-7)8(12)6-1-2-14-9(6)11/h1-4,8,12H. The van der Waals surface area contributed by atoms with Crippen molar-refractivity contribution in [2.75, 3.05) is 0 Å². The number of hydrogen-bond donors (Lipinski definition) is 1. The minimum absolute atomic E-state index is 0.595. The lowest BCUT2D eigenvalue weighted by atomic mass is 10.1. The van der Waals surface area contributed by atoms with Gasteiger partial charge in [0.15, 0.2) is 4.67 Å². The van der Waals surface area contributed by atoms with Gasteiger partial charge in [0.05, 0.1) is 10.6 Å². The molecule has 1 atom stereocenters. The molecule has 14 heavy (non-hydrogen) atoms. The highest BCUT2D eigenvalue weighted by Crippen LogP contribution is 2.33. The van der Waals surface area contributed by atoms with E-state index in [4.69, 9.17) is 16.0 Å². The van der Waals surface area contributed by atoms with Crippen LogP contribution >= 0.6 is 38.9 Å². The molecule has 2 aromatic rings. The quantitative estimate of drug-likeness (QED) is 0.912. The first-order valence-corrected chi connectivity index (χ1v) is 5.88. The van der Waals surface area contributed by atoms with Gasteiger partial charge in [-0.15, -0.1) is 11.3 Å². The molecular weight excluding hydrogens is 288 g/mol. The number of hydrogen-bond acceptors (Lipinski definition) is 3. The molecule has 2 nitrogen and oxygen atoms in total. The molecular formula is C9H6BrClO2S. The molecule has 2 aromatic heterocycles. The van der Waals surface area contributed by atoms with Gasteiger partial charge in [0, 0.05) is 11.1 Å². The van der Waals surface area contributed by atoms with E-state index in [-0.39, 0.29) is 0 Å². The average Bonchev–Trinajstić information content (AvgIpc) is 2.73. The molecule has 0 aromatic carbocycles. The molecule has 1 unspecified atom stereocenters. The fourth-order valence-corrected chi connectivity index (χ4v) is 2.47. The third kappa shape index (κ3) is 1.88. The van der Waals surface area contributed by atoms with Crippen LogP contribution in [0.3, 0.4) is 0 Å². The molecule has 5 heteroatoms. The minimum atomic E-state index is -0.719. The van der Waals surface area contributed by atoms with E-state index in [2.05, 4.69) is 15.9 Å². The molecule has 0 saturated heterocycles. The van der Waals surface area contributed by atoms with Crippen molar-refractivity contribution in [1.29, 1.82) is 0 Å². The van der Waals surface area contributed by atoms with Crippen molar-refractivity contribution in [2.45, 2.75) is 6.10 Å². The number of aliphatic hydroxyl groups is 1. The van der Waals surface area contributed by atoms with Crippen molar-refractivity contribution in [2.24, 2.45) is 0 Å². The summed E-state index contributed by atoms with van der Waals surface area (Å²) in [6, 6.07) is 3.53. The maximum atomic E-state index is 9.92. The third-order valence-corrected chi connectivity index (χ3v) is 3.46. The monoisotopic (exact) mass is 292 g/mol. The lowest BCUT2D eigenvalue weighted by molar-refractivity contribution is 0.220. The molecule has 2 heterocycles. The Hall–Kier alpha value is -0.290. The SMILES string of the molecule is OC(c1coc(Br)c1)c1ccsc1Cl. The predicted octanol–water partition coefficient (Wildman–Crippen LogP) is 3.84. The van der Waals surface area contributed by atoms with E-state index in [0.717, 1.165) is 0 Å². The van der Waals surface area contributed by atoms with E-state index in [0.29, 0.717) is 20.1 Å². The van der Waals surface area contributed by atoms with E-state index in [9.17, 15) is 5.11 Å². The summed E-state index contributed by atoms with van der Waals surface area (Å²) in [6.45, 7) is 0. The fraction of sp³-hybridized carbons (Fsp3) is 0.111. The van der Waals surface area contributed by atoms with Crippen LogP contribution in [0.1, 0.15) is 17.2 Å². The zero-order chi connectivity index (χ0) is 10.1. The maximum absolute atomic E-state index is 9.92. The van der Waals surface area contributed by atoms with Gasteiger partial charge in [0.25, 0.3) is 0 Å². The summed E-state index contributed by atoms with van der Waals surface area (Å²) in [5.41, 5.74) is 1.40.